The first-order chi connectivity index (χ1) is 11.1. The van der Waals surface area contributed by atoms with Crippen LogP contribution in [0.15, 0.2) is 18.2 Å². The quantitative estimate of drug-likeness (QED) is 0.863. The number of hydrogen-bond acceptors (Lipinski definition) is 5. The number of carbonyl (C=O) groups is 1. The van der Waals surface area contributed by atoms with Crippen molar-refractivity contribution in [3.05, 3.63) is 18.2 Å². The van der Waals surface area contributed by atoms with E-state index in [1.165, 1.54) is 0 Å². The molecular formula is C17H23N3O2S. The average molecular weight is 333 g/mol. The largest absolute Gasteiger partial charge is 0.492 e. The summed E-state index contributed by atoms with van der Waals surface area (Å²) in [5, 5.41) is 1.03. The predicted molar refractivity (Wildman–Crippen MR) is 94.4 cm³/mol. The van der Waals surface area contributed by atoms with Crippen LogP contribution < -0.4 is 9.64 Å². The van der Waals surface area contributed by atoms with Gasteiger partial charge in [-0.05, 0) is 31.9 Å². The van der Waals surface area contributed by atoms with E-state index < -0.39 is 0 Å². The number of benzene rings is 1. The molecule has 0 saturated carbocycles. The minimum atomic E-state index is 0.148. The molecule has 2 aromatic rings. The summed E-state index contributed by atoms with van der Waals surface area (Å²) in [5.74, 6) is 1.24. The average Bonchev–Trinajstić information content (AvgIpc) is 3.00. The summed E-state index contributed by atoms with van der Waals surface area (Å²) < 4.78 is 6.82. The van der Waals surface area contributed by atoms with Crippen molar-refractivity contribution in [2.45, 2.75) is 19.8 Å². The van der Waals surface area contributed by atoms with Gasteiger partial charge in [0.2, 0.25) is 5.91 Å². The Morgan fingerprint density at radius 1 is 1.39 bits per heavy atom. The van der Waals surface area contributed by atoms with Gasteiger partial charge in [-0.25, -0.2) is 4.98 Å². The Kier molecular flexibility index (Phi) is 4.71. The first-order valence-corrected chi connectivity index (χ1v) is 8.90. The highest BCUT2D eigenvalue weighted by Gasteiger charge is 2.27. The lowest BCUT2D eigenvalue weighted by Crippen LogP contribution is -2.40. The Morgan fingerprint density at radius 2 is 2.13 bits per heavy atom. The molecule has 1 saturated heterocycles. The summed E-state index contributed by atoms with van der Waals surface area (Å²) in [6, 6.07) is 6.07. The number of ether oxygens (including phenoxy) is 1. The Balaban J connectivity index is 1.75. The summed E-state index contributed by atoms with van der Waals surface area (Å²) >= 11 is 1.70. The maximum absolute atomic E-state index is 12.1. The molecular weight excluding hydrogens is 310 g/mol. The second-order valence-electron chi connectivity index (χ2n) is 6.03. The van der Waals surface area contributed by atoms with Crippen LogP contribution in [0.5, 0.6) is 5.75 Å². The minimum Gasteiger partial charge on any atom is -0.492 e. The number of amides is 1. The van der Waals surface area contributed by atoms with Gasteiger partial charge in [0.25, 0.3) is 0 Å². The number of hydrogen-bond donors (Lipinski definition) is 0. The van der Waals surface area contributed by atoms with E-state index in [9.17, 15) is 4.79 Å². The molecule has 0 radical (unpaired) electrons. The molecule has 1 aromatic carbocycles. The maximum atomic E-state index is 12.1. The van der Waals surface area contributed by atoms with Gasteiger partial charge in [-0.3, -0.25) is 4.79 Å². The van der Waals surface area contributed by atoms with Gasteiger partial charge in [0.1, 0.15) is 11.3 Å². The zero-order valence-corrected chi connectivity index (χ0v) is 14.7. The summed E-state index contributed by atoms with van der Waals surface area (Å²) in [6.45, 7) is 4.39. The highest BCUT2D eigenvalue weighted by atomic mass is 32.1. The van der Waals surface area contributed by atoms with Crippen molar-refractivity contribution < 1.29 is 9.53 Å². The zero-order valence-electron chi connectivity index (χ0n) is 13.9. The van der Waals surface area contributed by atoms with Gasteiger partial charge < -0.3 is 14.5 Å². The number of thiazole rings is 1. The number of nitrogens with zero attached hydrogens (tertiary/aromatic N) is 3. The molecule has 0 spiro atoms. The standard InChI is InChI=1S/C17H23N3O2S/c1-4-22-13-6-5-7-14-15(13)18-17(23-14)20-10-8-12(9-11-20)16(21)19(2)3/h5-7,12H,4,8-11H2,1-3H3. The molecule has 6 heteroatoms. The number of para-hydroxylation sites is 1. The lowest BCUT2D eigenvalue weighted by Gasteiger charge is -2.32. The van der Waals surface area contributed by atoms with Crippen molar-refractivity contribution in [2.24, 2.45) is 5.92 Å². The van der Waals surface area contributed by atoms with E-state index in [0.717, 1.165) is 47.0 Å². The maximum Gasteiger partial charge on any atom is 0.225 e. The third-order valence-electron chi connectivity index (χ3n) is 4.23. The summed E-state index contributed by atoms with van der Waals surface area (Å²) in [5.41, 5.74) is 0.945. The fourth-order valence-corrected chi connectivity index (χ4v) is 4.04. The van der Waals surface area contributed by atoms with Crippen LogP contribution >= 0.6 is 11.3 Å². The van der Waals surface area contributed by atoms with Crippen LogP contribution in [-0.2, 0) is 4.79 Å². The zero-order chi connectivity index (χ0) is 16.4. The van der Waals surface area contributed by atoms with Crippen LogP contribution in [0.25, 0.3) is 10.2 Å². The molecule has 0 aliphatic carbocycles. The van der Waals surface area contributed by atoms with Crippen LogP contribution in [0, 0.1) is 5.92 Å². The van der Waals surface area contributed by atoms with Gasteiger partial charge in [-0.2, -0.15) is 0 Å². The molecule has 0 N–H and O–H groups in total. The molecule has 3 rings (SSSR count). The van der Waals surface area contributed by atoms with Gasteiger partial charge in [0.05, 0.1) is 11.3 Å². The number of carbonyl (C=O) groups excluding carboxylic acids is 1. The van der Waals surface area contributed by atoms with E-state index in [1.807, 2.05) is 33.2 Å². The SMILES string of the molecule is CCOc1cccc2sc(N3CCC(C(=O)N(C)C)CC3)nc12. The van der Waals surface area contributed by atoms with Crippen molar-refractivity contribution in [3.8, 4) is 5.75 Å². The molecule has 1 amide bonds. The highest BCUT2D eigenvalue weighted by Crippen LogP contribution is 2.35. The lowest BCUT2D eigenvalue weighted by atomic mass is 9.96. The molecule has 124 valence electrons. The van der Waals surface area contributed by atoms with Crippen LogP contribution in [-0.4, -0.2) is 49.6 Å². The Bertz CT molecular complexity index is 690. The Labute approximate surface area is 140 Å². The molecule has 1 aliphatic rings. The van der Waals surface area contributed by atoms with Gasteiger partial charge in [-0.1, -0.05) is 17.4 Å². The monoisotopic (exact) mass is 333 g/mol. The Morgan fingerprint density at radius 3 is 2.78 bits per heavy atom. The van der Waals surface area contributed by atoms with E-state index in [-0.39, 0.29) is 11.8 Å². The van der Waals surface area contributed by atoms with E-state index in [4.69, 9.17) is 9.72 Å². The van der Waals surface area contributed by atoms with Crippen molar-refractivity contribution >= 4 is 32.6 Å². The van der Waals surface area contributed by atoms with Gasteiger partial charge >= 0.3 is 0 Å². The smallest absolute Gasteiger partial charge is 0.225 e. The van der Waals surface area contributed by atoms with Gasteiger partial charge in [-0.15, -0.1) is 0 Å². The first kappa shape index (κ1) is 16.1. The highest BCUT2D eigenvalue weighted by molar-refractivity contribution is 7.22. The van der Waals surface area contributed by atoms with E-state index in [0.29, 0.717) is 6.61 Å². The van der Waals surface area contributed by atoms with Gasteiger partial charge in [0.15, 0.2) is 5.13 Å². The number of fused-ring (bicyclic) bond motifs is 1. The van der Waals surface area contributed by atoms with E-state index >= 15 is 0 Å². The summed E-state index contributed by atoms with van der Waals surface area (Å²) in [6.07, 6.45) is 1.79. The third kappa shape index (κ3) is 3.27. The minimum absolute atomic E-state index is 0.148. The molecule has 0 bridgehead atoms. The fourth-order valence-electron chi connectivity index (χ4n) is 3.00. The van der Waals surface area contributed by atoms with E-state index in [1.54, 1.807) is 16.2 Å². The fraction of sp³-hybridized carbons (Fsp3) is 0.529. The summed E-state index contributed by atoms with van der Waals surface area (Å²) in [4.78, 5) is 20.9. The molecule has 23 heavy (non-hydrogen) atoms. The predicted octanol–water partition coefficient (Wildman–Crippen LogP) is 3.00. The van der Waals surface area contributed by atoms with Crippen LogP contribution in [0.4, 0.5) is 5.13 Å². The van der Waals surface area contributed by atoms with Crippen LogP contribution in [0.1, 0.15) is 19.8 Å². The molecule has 5 nitrogen and oxygen atoms in total. The molecule has 1 aliphatic heterocycles. The Hall–Kier alpha value is -1.82. The number of rotatable bonds is 4. The van der Waals surface area contributed by atoms with Crippen molar-refractivity contribution in [1.29, 1.82) is 0 Å². The molecule has 1 aromatic heterocycles. The first-order valence-electron chi connectivity index (χ1n) is 8.08. The number of anilines is 1. The van der Waals surface area contributed by atoms with Crippen LogP contribution in [0.2, 0.25) is 0 Å². The normalized spacial score (nSPS) is 15.9. The van der Waals surface area contributed by atoms with Crippen molar-refractivity contribution in [3.63, 3.8) is 0 Å². The van der Waals surface area contributed by atoms with E-state index in [2.05, 4.69) is 11.0 Å². The molecule has 2 heterocycles. The molecule has 0 atom stereocenters. The van der Waals surface area contributed by atoms with Crippen molar-refractivity contribution in [1.82, 2.24) is 9.88 Å². The summed E-state index contributed by atoms with van der Waals surface area (Å²) in [7, 11) is 3.66. The number of aromatic nitrogens is 1. The van der Waals surface area contributed by atoms with Gasteiger partial charge in [0, 0.05) is 33.1 Å². The van der Waals surface area contributed by atoms with Crippen LogP contribution in [0.3, 0.4) is 0 Å². The topological polar surface area (TPSA) is 45.7 Å². The van der Waals surface area contributed by atoms with Crippen molar-refractivity contribution in [2.75, 3.05) is 38.7 Å². The molecule has 0 unspecified atom stereocenters. The molecule has 1 fully saturated rings. The third-order valence-corrected chi connectivity index (χ3v) is 5.31. The second-order valence-corrected chi connectivity index (χ2v) is 7.04. The number of piperidine rings is 1. The second kappa shape index (κ2) is 6.74. The lowest BCUT2D eigenvalue weighted by molar-refractivity contribution is -0.133.